The zero-order valence-corrected chi connectivity index (χ0v) is 14.2. The van der Waals surface area contributed by atoms with Crippen molar-refractivity contribution in [2.75, 3.05) is 11.8 Å². The molecule has 25 heavy (non-hydrogen) atoms. The van der Waals surface area contributed by atoms with E-state index in [0.717, 1.165) is 31.4 Å². The van der Waals surface area contributed by atoms with Crippen LogP contribution in [-0.2, 0) is 20.9 Å². The van der Waals surface area contributed by atoms with Gasteiger partial charge >= 0.3 is 12.1 Å². The van der Waals surface area contributed by atoms with Crippen LogP contribution in [0.2, 0.25) is 5.02 Å². The molecule has 2 aromatic rings. The fourth-order valence-electron chi connectivity index (χ4n) is 1.93. The van der Waals surface area contributed by atoms with Gasteiger partial charge in [-0.3, -0.25) is 4.72 Å². The van der Waals surface area contributed by atoms with Gasteiger partial charge in [-0.2, -0.15) is 13.2 Å². The van der Waals surface area contributed by atoms with Gasteiger partial charge in [0.15, 0.2) is 0 Å². The summed E-state index contributed by atoms with van der Waals surface area (Å²) in [5.41, 5.74) is -1.77. The molecular formula is C15H11ClF3NO4S. The minimum atomic E-state index is -4.79. The lowest BCUT2D eigenvalue weighted by molar-refractivity contribution is -0.136. The van der Waals surface area contributed by atoms with E-state index in [1.807, 2.05) is 4.72 Å². The van der Waals surface area contributed by atoms with Crippen molar-refractivity contribution in [3.05, 3.63) is 58.6 Å². The van der Waals surface area contributed by atoms with Crippen LogP contribution in [0.3, 0.4) is 0 Å². The minimum Gasteiger partial charge on any atom is -0.465 e. The molecule has 5 nitrogen and oxygen atoms in total. The van der Waals surface area contributed by atoms with Crippen molar-refractivity contribution < 1.29 is 31.1 Å². The first-order valence-corrected chi connectivity index (χ1v) is 8.48. The number of alkyl halides is 3. The molecule has 10 heteroatoms. The number of hydrogen-bond donors (Lipinski definition) is 1. The molecule has 0 saturated carbocycles. The van der Waals surface area contributed by atoms with Gasteiger partial charge in [-0.1, -0.05) is 11.6 Å². The van der Waals surface area contributed by atoms with Gasteiger partial charge in [-0.05, 0) is 42.5 Å². The fourth-order valence-corrected chi connectivity index (χ4v) is 3.18. The summed E-state index contributed by atoms with van der Waals surface area (Å²) in [7, 11) is -3.14. The summed E-state index contributed by atoms with van der Waals surface area (Å²) in [5, 5.41) is -0.183. The lowest BCUT2D eigenvalue weighted by Gasteiger charge is -2.15. The van der Waals surface area contributed by atoms with Crippen LogP contribution < -0.4 is 4.72 Å². The van der Waals surface area contributed by atoms with Gasteiger partial charge in [0, 0.05) is 5.02 Å². The first-order chi connectivity index (χ1) is 11.5. The van der Waals surface area contributed by atoms with Crippen molar-refractivity contribution in [3.8, 4) is 0 Å². The van der Waals surface area contributed by atoms with Crippen molar-refractivity contribution >= 4 is 33.3 Å². The first-order valence-electron chi connectivity index (χ1n) is 6.62. The van der Waals surface area contributed by atoms with Gasteiger partial charge in [0.1, 0.15) is 0 Å². The number of carbonyl (C=O) groups excluding carboxylic acids is 1. The number of sulfonamides is 1. The van der Waals surface area contributed by atoms with Crippen LogP contribution in [0, 0.1) is 0 Å². The van der Waals surface area contributed by atoms with Crippen molar-refractivity contribution in [3.63, 3.8) is 0 Å². The number of carbonyl (C=O) groups is 1. The minimum absolute atomic E-state index is 0.101. The van der Waals surface area contributed by atoms with Crippen LogP contribution in [0.25, 0.3) is 0 Å². The Balaban J connectivity index is 2.38. The Morgan fingerprint density at radius 2 is 1.72 bits per heavy atom. The molecule has 0 aliphatic carbocycles. The molecule has 134 valence electrons. The monoisotopic (exact) mass is 393 g/mol. The molecule has 0 fully saturated rings. The summed E-state index contributed by atoms with van der Waals surface area (Å²) >= 11 is 5.55. The number of nitrogens with one attached hydrogen (secondary N) is 1. The maximum atomic E-state index is 13.0. The molecule has 0 heterocycles. The Bertz CT molecular complexity index is 896. The quantitative estimate of drug-likeness (QED) is 0.798. The Labute approximate surface area is 146 Å². The van der Waals surface area contributed by atoms with Gasteiger partial charge in [0.2, 0.25) is 0 Å². The number of halogens is 4. The molecule has 0 aliphatic rings. The second-order valence-corrected chi connectivity index (χ2v) is 6.93. The van der Waals surface area contributed by atoms with E-state index in [2.05, 4.69) is 4.74 Å². The average molecular weight is 394 g/mol. The van der Waals surface area contributed by atoms with E-state index in [9.17, 15) is 26.4 Å². The summed E-state index contributed by atoms with van der Waals surface area (Å²) in [6.07, 6.45) is -4.79. The fraction of sp³-hybridized carbons (Fsp3) is 0.133. The number of hydrogen-bond acceptors (Lipinski definition) is 4. The van der Waals surface area contributed by atoms with Gasteiger partial charge in [0.25, 0.3) is 10.0 Å². The van der Waals surface area contributed by atoms with Crippen LogP contribution in [-0.4, -0.2) is 21.5 Å². The Morgan fingerprint density at radius 1 is 1.12 bits per heavy atom. The van der Waals surface area contributed by atoms with Gasteiger partial charge in [-0.25, -0.2) is 13.2 Å². The average Bonchev–Trinajstić information content (AvgIpc) is 2.54. The third kappa shape index (κ3) is 4.43. The van der Waals surface area contributed by atoms with Crippen molar-refractivity contribution in [1.82, 2.24) is 0 Å². The maximum Gasteiger partial charge on any atom is 0.418 e. The van der Waals surface area contributed by atoms with E-state index in [4.69, 9.17) is 11.6 Å². The number of methoxy groups -OCH3 is 1. The summed E-state index contributed by atoms with van der Waals surface area (Å²) in [4.78, 5) is 11.0. The lowest BCUT2D eigenvalue weighted by atomic mass is 10.2. The Kier molecular flexibility index (Phi) is 5.28. The molecule has 0 unspecified atom stereocenters. The van der Waals surface area contributed by atoms with Crippen LogP contribution in [0.1, 0.15) is 15.9 Å². The number of rotatable bonds is 4. The van der Waals surface area contributed by atoms with Crippen LogP contribution in [0.4, 0.5) is 18.9 Å². The molecule has 2 aromatic carbocycles. The van der Waals surface area contributed by atoms with E-state index >= 15 is 0 Å². The molecule has 2 rings (SSSR count). The summed E-state index contributed by atoms with van der Waals surface area (Å²) in [5.74, 6) is -0.672. The van der Waals surface area contributed by atoms with Gasteiger partial charge in [0.05, 0.1) is 28.8 Å². The van der Waals surface area contributed by atoms with E-state index in [-0.39, 0.29) is 15.5 Å². The van der Waals surface area contributed by atoms with Crippen LogP contribution in [0.5, 0.6) is 0 Å². The predicted octanol–water partition coefficient (Wildman–Crippen LogP) is 3.95. The second kappa shape index (κ2) is 6.93. The van der Waals surface area contributed by atoms with E-state index in [1.54, 1.807) is 0 Å². The van der Waals surface area contributed by atoms with Crippen LogP contribution in [0.15, 0.2) is 47.4 Å². The number of anilines is 1. The molecule has 1 N–H and O–H groups in total. The van der Waals surface area contributed by atoms with E-state index in [1.165, 1.54) is 12.1 Å². The third-order valence-electron chi connectivity index (χ3n) is 3.12. The zero-order valence-electron chi connectivity index (χ0n) is 12.6. The normalized spacial score (nSPS) is 11.9. The zero-order chi connectivity index (χ0) is 18.8. The highest BCUT2D eigenvalue weighted by molar-refractivity contribution is 7.92. The highest BCUT2D eigenvalue weighted by Crippen LogP contribution is 2.37. The van der Waals surface area contributed by atoms with Gasteiger partial charge < -0.3 is 4.74 Å². The maximum absolute atomic E-state index is 13.0. The van der Waals surface area contributed by atoms with Crippen molar-refractivity contribution in [2.24, 2.45) is 0 Å². The molecule has 0 bridgehead atoms. The summed E-state index contributed by atoms with van der Waals surface area (Å²) < 4.78 is 70.1. The molecule has 0 aromatic heterocycles. The third-order valence-corrected chi connectivity index (χ3v) is 4.73. The second-order valence-electron chi connectivity index (χ2n) is 4.81. The van der Waals surface area contributed by atoms with Crippen molar-refractivity contribution in [1.29, 1.82) is 0 Å². The molecule has 0 aliphatic heterocycles. The lowest BCUT2D eigenvalue weighted by Crippen LogP contribution is -2.17. The molecule has 0 atom stereocenters. The molecule has 0 amide bonds. The topological polar surface area (TPSA) is 72.5 Å². The number of benzene rings is 2. The van der Waals surface area contributed by atoms with Gasteiger partial charge in [-0.15, -0.1) is 0 Å². The highest BCUT2D eigenvalue weighted by Gasteiger charge is 2.35. The summed E-state index contributed by atoms with van der Waals surface area (Å²) in [6, 6.07) is 7.22. The number of esters is 1. The van der Waals surface area contributed by atoms with Crippen LogP contribution >= 0.6 is 11.6 Å². The Morgan fingerprint density at radius 3 is 2.24 bits per heavy atom. The number of ether oxygens (including phenoxy) is 1. The standard InChI is InChI=1S/C15H11ClF3NO4S/c1-24-14(21)9-2-5-11(6-3-9)25(22,23)20-13-7-4-10(16)8-12(13)15(17,18)19/h2-8,20H,1H3. The largest absolute Gasteiger partial charge is 0.465 e. The SMILES string of the molecule is COC(=O)c1ccc(S(=O)(=O)Nc2ccc(Cl)cc2C(F)(F)F)cc1. The summed E-state index contributed by atoms with van der Waals surface area (Å²) in [6.45, 7) is 0. The predicted molar refractivity (Wildman–Crippen MR) is 85.0 cm³/mol. The molecule has 0 spiro atoms. The van der Waals surface area contributed by atoms with E-state index in [0.29, 0.717) is 6.07 Å². The Hall–Kier alpha value is -2.26. The molecule has 0 radical (unpaired) electrons. The molecule has 0 saturated heterocycles. The first kappa shape index (κ1) is 19.1. The smallest absolute Gasteiger partial charge is 0.418 e. The highest BCUT2D eigenvalue weighted by atomic mass is 35.5. The molecular weight excluding hydrogens is 383 g/mol. The van der Waals surface area contributed by atoms with Crippen molar-refractivity contribution in [2.45, 2.75) is 11.1 Å². The van der Waals surface area contributed by atoms with E-state index < -0.39 is 33.4 Å².